The Bertz CT molecular complexity index is 617. The number of rotatable bonds is 5. The second-order valence-electron chi connectivity index (χ2n) is 4.28. The zero-order valence-electron chi connectivity index (χ0n) is 10.6. The molecule has 0 aliphatic rings. The number of alkyl halides is 2. The van der Waals surface area contributed by atoms with Crippen molar-refractivity contribution >= 4 is 11.6 Å². The van der Waals surface area contributed by atoms with E-state index in [1.807, 2.05) is 30.3 Å². The van der Waals surface area contributed by atoms with Gasteiger partial charge in [0.25, 0.3) is 6.43 Å². The third kappa shape index (κ3) is 3.14. The lowest BCUT2D eigenvalue weighted by molar-refractivity contribution is 0.144. The summed E-state index contributed by atoms with van der Waals surface area (Å²) in [7, 11) is 0. The van der Waals surface area contributed by atoms with Crippen molar-refractivity contribution in [3.05, 3.63) is 52.3 Å². The van der Waals surface area contributed by atoms with Crippen LogP contribution in [0.15, 0.2) is 30.3 Å². The predicted octanol–water partition coefficient (Wildman–Crippen LogP) is 3.98. The smallest absolute Gasteiger partial charge is 0.252 e. The Morgan fingerprint density at radius 2 is 2.00 bits per heavy atom. The van der Waals surface area contributed by atoms with E-state index in [9.17, 15) is 8.78 Å². The Hall–Kier alpha value is -1.93. The molecular formula is C14H12ClF2N3. The van der Waals surface area contributed by atoms with Gasteiger partial charge in [-0.3, -0.25) is 4.68 Å². The molecule has 0 spiro atoms. The molecule has 0 saturated heterocycles. The number of hydrogen-bond donors (Lipinski definition) is 0. The first-order valence-corrected chi connectivity index (χ1v) is 6.49. The highest BCUT2D eigenvalue weighted by molar-refractivity contribution is 6.30. The SMILES string of the molecule is N#Cc1c(C(F)F)nn(CCCc2ccccc2)c1Cl. The van der Waals surface area contributed by atoms with E-state index in [0.717, 1.165) is 12.0 Å². The molecule has 0 unspecified atom stereocenters. The Balaban J connectivity index is 2.05. The highest BCUT2D eigenvalue weighted by Gasteiger charge is 2.22. The van der Waals surface area contributed by atoms with E-state index in [-0.39, 0.29) is 10.7 Å². The van der Waals surface area contributed by atoms with Crippen LogP contribution in [-0.2, 0) is 13.0 Å². The largest absolute Gasteiger partial charge is 0.283 e. The molecular weight excluding hydrogens is 284 g/mol. The summed E-state index contributed by atoms with van der Waals surface area (Å²) < 4.78 is 26.7. The lowest BCUT2D eigenvalue weighted by atomic mass is 10.1. The fourth-order valence-corrected chi connectivity index (χ4v) is 2.20. The summed E-state index contributed by atoms with van der Waals surface area (Å²) >= 11 is 5.90. The summed E-state index contributed by atoms with van der Waals surface area (Å²) in [6.07, 6.45) is -1.29. The molecule has 104 valence electrons. The van der Waals surface area contributed by atoms with Crippen molar-refractivity contribution in [3.63, 3.8) is 0 Å². The van der Waals surface area contributed by atoms with Crippen LogP contribution in [0.5, 0.6) is 0 Å². The predicted molar refractivity (Wildman–Crippen MR) is 71.7 cm³/mol. The van der Waals surface area contributed by atoms with Crippen LogP contribution in [0.1, 0.15) is 29.7 Å². The zero-order valence-corrected chi connectivity index (χ0v) is 11.3. The van der Waals surface area contributed by atoms with Crippen LogP contribution in [0.25, 0.3) is 0 Å². The van der Waals surface area contributed by atoms with Gasteiger partial charge in [-0.2, -0.15) is 10.4 Å². The van der Waals surface area contributed by atoms with Gasteiger partial charge in [0.1, 0.15) is 22.5 Å². The van der Waals surface area contributed by atoms with E-state index in [2.05, 4.69) is 5.10 Å². The molecule has 0 radical (unpaired) electrons. The van der Waals surface area contributed by atoms with E-state index < -0.39 is 12.1 Å². The van der Waals surface area contributed by atoms with Gasteiger partial charge >= 0.3 is 0 Å². The van der Waals surface area contributed by atoms with Crippen molar-refractivity contribution in [2.45, 2.75) is 25.8 Å². The highest BCUT2D eigenvalue weighted by atomic mass is 35.5. The van der Waals surface area contributed by atoms with Gasteiger partial charge in [0.2, 0.25) is 0 Å². The molecule has 2 aromatic rings. The lowest BCUT2D eigenvalue weighted by Crippen LogP contribution is -2.02. The molecule has 20 heavy (non-hydrogen) atoms. The van der Waals surface area contributed by atoms with Crippen LogP contribution in [-0.4, -0.2) is 9.78 Å². The molecule has 0 atom stereocenters. The van der Waals surface area contributed by atoms with Crippen molar-refractivity contribution in [3.8, 4) is 6.07 Å². The fourth-order valence-electron chi connectivity index (χ4n) is 1.94. The molecule has 2 rings (SSSR count). The van der Waals surface area contributed by atoms with Gasteiger partial charge < -0.3 is 0 Å². The van der Waals surface area contributed by atoms with Crippen LogP contribution < -0.4 is 0 Å². The zero-order chi connectivity index (χ0) is 14.5. The molecule has 1 heterocycles. The molecule has 0 bridgehead atoms. The molecule has 0 aliphatic carbocycles. The van der Waals surface area contributed by atoms with E-state index in [4.69, 9.17) is 16.9 Å². The van der Waals surface area contributed by atoms with Crippen molar-refractivity contribution in [1.29, 1.82) is 5.26 Å². The van der Waals surface area contributed by atoms with Crippen LogP contribution in [0.3, 0.4) is 0 Å². The normalized spacial score (nSPS) is 10.8. The Kier molecular flexibility index (Phi) is 4.70. The Morgan fingerprint density at radius 1 is 1.30 bits per heavy atom. The maximum Gasteiger partial charge on any atom is 0.283 e. The average molecular weight is 296 g/mol. The number of benzene rings is 1. The minimum absolute atomic E-state index is 0.0177. The monoisotopic (exact) mass is 295 g/mol. The lowest BCUT2D eigenvalue weighted by Gasteiger charge is -2.03. The Labute approximate surface area is 120 Å². The maximum absolute atomic E-state index is 12.7. The molecule has 6 heteroatoms. The molecule has 0 fully saturated rings. The molecule has 3 nitrogen and oxygen atoms in total. The van der Waals surface area contributed by atoms with E-state index in [1.54, 1.807) is 6.07 Å². The topological polar surface area (TPSA) is 41.6 Å². The molecule has 1 aromatic heterocycles. The van der Waals surface area contributed by atoms with Gasteiger partial charge in [0.15, 0.2) is 0 Å². The molecule has 0 amide bonds. The highest BCUT2D eigenvalue weighted by Crippen LogP contribution is 2.27. The first kappa shape index (κ1) is 14.5. The second-order valence-corrected chi connectivity index (χ2v) is 4.63. The summed E-state index contributed by atoms with van der Waals surface area (Å²) in [6.45, 7) is 0.398. The molecule has 0 saturated carbocycles. The number of nitrogens with zero attached hydrogens (tertiary/aromatic N) is 3. The molecule has 1 aromatic carbocycles. The Morgan fingerprint density at radius 3 is 2.55 bits per heavy atom. The van der Waals surface area contributed by atoms with E-state index in [1.165, 1.54) is 4.68 Å². The van der Waals surface area contributed by atoms with Crippen LogP contribution in [0, 0.1) is 11.3 Å². The summed E-state index contributed by atoms with van der Waals surface area (Å²) in [6, 6.07) is 11.5. The summed E-state index contributed by atoms with van der Waals surface area (Å²) in [4.78, 5) is 0. The summed E-state index contributed by atoms with van der Waals surface area (Å²) in [5.74, 6) is 0. The van der Waals surface area contributed by atoms with E-state index in [0.29, 0.717) is 13.0 Å². The van der Waals surface area contributed by atoms with Crippen LogP contribution in [0.2, 0.25) is 5.15 Å². The number of aromatic nitrogens is 2. The first-order valence-electron chi connectivity index (χ1n) is 6.12. The van der Waals surface area contributed by atoms with Crippen molar-refractivity contribution < 1.29 is 8.78 Å². The van der Waals surface area contributed by atoms with Crippen molar-refractivity contribution in [2.75, 3.05) is 0 Å². The minimum atomic E-state index is -2.79. The fraction of sp³-hybridized carbons (Fsp3) is 0.286. The molecule has 0 aliphatic heterocycles. The average Bonchev–Trinajstić information content (AvgIpc) is 2.77. The van der Waals surface area contributed by atoms with Crippen molar-refractivity contribution in [1.82, 2.24) is 9.78 Å². The summed E-state index contributed by atoms with van der Waals surface area (Å²) in [5, 5.41) is 12.5. The number of nitriles is 1. The summed E-state index contributed by atoms with van der Waals surface area (Å²) in [5.41, 5.74) is 0.379. The van der Waals surface area contributed by atoms with E-state index >= 15 is 0 Å². The first-order chi connectivity index (χ1) is 9.63. The van der Waals surface area contributed by atoms with Gasteiger partial charge in [-0.05, 0) is 18.4 Å². The number of halogens is 3. The van der Waals surface area contributed by atoms with Gasteiger partial charge in [-0.25, -0.2) is 8.78 Å². The quantitative estimate of drug-likeness (QED) is 0.837. The third-order valence-corrected chi connectivity index (χ3v) is 3.30. The number of aryl methyl sites for hydroxylation is 2. The minimum Gasteiger partial charge on any atom is -0.252 e. The maximum atomic E-state index is 12.7. The van der Waals surface area contributed by atoms with Crippen LogP contribution >= 0.6 is 11.6 Å². The van der Waals surface area contributed by atoms with Gasteiger partial charge in [0, 0.05) is 6.54 Å². The van der Waals surface area contributed by atoms with Gasteiger partial charge in [-0.1, -0.05) is 41.9 Å². The molecule has 0 N–H and O–H groups in total. The third-order valence-electron chi connectivity index (χ3n) is 2.91. The van der Waals surface area contributed by atoms with Gasteiger partial charge in [-0.15, -0.1) is 0 Å². The van der Waals surface area contributed by atoms with Crippen LogP contribution in [0.4, 0.5) is 8.78 Å². The standard InChI is InChI=1S/C14H12ClF2N3/c15-13-11(9-18)12(14(16)17)19-20(13)8-4-7-10-5-2-1-3-6-10/h1-3,5-6,14H,4,7-8H2. The second kappa shape index (κ2) is 6.49. The number of hydrogen-bond acceptors (Lipinski definition) is 2. The van der Waals surface area contributed by atoms with Crippen molar-refractivity contribution in [2.24, 2.45) is 0 Å². The van der Waals surface area contributed by atoms with Gasteiger partial charge in [0.05, 0.1) is 0 Å².